The minimum Gasteiger partial charge on any atom is -0.506 e. The summed E-state index contributed by atoms with van der Waals surface area (Å²) >= 11 is 0. The van der Waals surface area contributed by atoms with Gasteiger partial charge in [-0.05, 0) is 37.1 Å². The van der Waals surface area contributed by atoms with Gasteiger partial charge in [0.2, 0.25) is 5.91 Å². The van der Waals surface area contributed by atoms with Gasteiger partial charge >= 0.3 is 0 Å². The molecule has 0 spiro atoms. The molecule has 0 radical (unpaired) electrons. The molecule has 2 N–H and O–H groups in total. The van der Waals surface area contributed by atoms with Crippen LogP contribution in [0, 0.1) is 0 Å². The molecule has 0 aromatic heterocycles. The number of carbonyl (C=O) groups excluding carboxylic acids is 1. The number of amides is 1. The van der Waals surface area contributed by atoms with Crippen LogP contribution < -0.4 is 5.32 Å². The average Bonchev–Trinajstić information content (AvgIpc) is 2.99. The third kappa shape index (κ3) is 3.28. The number of phenolic OH excluding ortho intramolecular Hbond substituents is 1. The van der Waals surface area contributed by atoms with Crippen molar-refractivity contribution in [2.45, 2.75) is 25.4 Å². The summed E-state index contributed by atoms with van der Waals surface area (Å²) < 4.78 is 0. The van der Waals surface area contributed by atoms with E-state index >= 15 is 0 Å². The second kappa shape index (κ2) is 6.62. The molecule has 1 saturated heterocycles. The van der Waals surface area contributed by atoms with Crippen molar-refractivity contribution in [2.75, 3.05) is 11.9 Å². The van der Waals surface area contributed by atoms with Crippen LogP contribution in [-0.2, 0) is 11.3 Å². The number of hydrogen-bond acceptors (Lipinski definition) is 3. The minimum atomic E-state index is -0.139. The lowest BCUT2D eigenvalue weighted by Gasteiger charge is -2.23. The molecule has 1 atom stereocenters. The molecule has 1 aliphatic heterocycles. The number of hydrogen-bond donors (Lipinski definition) is 2. The Labute approximate surface area is 130 Å². The molecule has 2 aromatic rings. The summed E-state index contributed by atoms with van der Waals surface area (Å²) in [6.45, 7) is 1.70. The molecule has 1 aliphatic rings. The first-order valence-electron chi connectivity index (χ1n) is 7.61. The first-order chi connectivity index (χ1) is 10.7. The fourth-order valence-corrected chi connectivity index (χ4v) is 2.93. The fraction of sp³-hybridized carbons (Fsp3) is 0.278. The van der Waals surface area contributed by atoms with Crippen LogP contribution in [0.2, 0.25) is 0 Å². The van der Waals surface area contributed by atoms with Crippen molar-refractivity contribution in [3.8, 4) is 5.75 Å². The second-order valence-electron chi connectivity index (χ2n) is 5.62. The Morgan fingerprint density at radius 1 is 1.14 bits per heavy atom. The molecular formula is C18H20N2O2. The van der Waals surface area contributed by atoms with Gasteiger partial charge in [0.15, 0.2) is 0 Å². The van der Waals surface area contributed by atoms with Gasteiger partial charge in [0.05, 0.1) is 11.7 Å². The molecule has 4 heteroatoms. The van der Waals surface area contributed by atoms with Crippen LogP contribution >= 0.6 is 0 Å². The Balaban J connectivity index is 1.67. The quantitative estimate of drug-likeness (QED) is 0.853. The monoisotopic (exact) mass is 296 g/mol. The maximum atomic E-state index is 12.5. The van der Waals surface area contributed by atoms with Crippen LogP contribution in [0.25, 0.3) is 0 Å². The number of carbonyl (C=O) groups is 1. The topological polar surface area (TPSA) is 52.6 Å². The Hall–Kier alpha value is -2.33. The van der Waals surface area contributed by atoms with E-state index in [0.29, 0.717) is 5.69 Å². The summed E-state index contributed by atoms with van der Waals surface area (Å²) in [5.74, 6) is 0.0541. The number of anilines is 1. The molecular weight excluding hydrogens is 276 g/mol. The van der Waals surface area contributed by atoms with Gasteiger partial charge in [-0.2, -0.15) is 0 Å². The molecule has 4 nitrogen and oxygen atoms in total. The molecule has 0 bridgehead atoms. The first-order valence-corrected chi connectivity index (χ1v) is 7.61. The standard InChI is InChI=1S/C18H20N2O2/c21-17-11-5-4-9-15(17)19-18(22)16-10-6-12-20(16)13-14-7-2-1-3-8-14/h1-5,7-9,11,16,21H,6,10,12-13H2,(H,19,22)/t16-/m0/s1. The van der Waals surface area contributed by atoms with Gasteiger partial charge in [-0.15, -0.1) is 0 Å². The highest BCUT2D eigenvalue weighted by Gasteiger charge is 2.30. The fourth-order valence-electron chi connectivity index (χ4n) is 2.93. The summed E-state index contributed by atoms with van der Waals surface area (Å²) in [7, 11) is 0. The van der Waals surface area contributed by atoms with E-state index in [2.05, 4.69) is 22.3 Å². The largest absolute Gasteiger partial charge is 0.506 e. The highest BCUT2D eigenvalue weighted by Crippen LogP contribution is 2.25. The number of para-hydroxylation sites is 2. The molecule has 1 fully saturated rings. The van der Waals surface area contributed by atoms with Crippen LogP contribution in [0.4, 0.5) is 5.69 Å². The molecule has 3 rings (SSSR count). The average molecular weight is 296 g/mol. The maximum Gasteiger partial charge on any atom is 0.241 e. The smallest absolute Gasteiger partial charge is 0.241 e. The summed E-state index contributed by atoms with van der Waals surface area (Å²) in [5.41, 5.74) is 1.68. The van der Waals surface area contributed by atoms with Gasteiger partial charge in [0.25, 0.3) is 0 Å². The molecule has 0 unspecified atom stereocenters. The van der Waals surface area contributed by atoms with Crippen molar-refractivity contribution >= 4 is 11.6 Å². The third-order valence-electron chi connectivity index (χ3n) is 4.06. The number of phenols is 1. The Kier molecular flexibility index (Phi) is 4.39. The molecule has 1 heterocycles. The van der Waals surface area contributed by atoms with Crippen LogP contribution in [0.3, 0.4) is 0 Å². The number of rotatable bonds is 4. The maximum absolute atomic E-state index is 12.5. The zero-order valence-corrected chi connectivity index (χ0v) is 12.4. The first kappa shape index (κ1) is 14.6. The van der Waals surface area contributed by atoms with Crippen molar-refractivity contribution in [1.29, 1.82) is 0 Å². The van der Waals surface area contributed by atoms with Crippen LogP contribution in [0.1, 0.15) is 18.4 Å². The van der Waals surface area contributed by atoms with E-state index in [-0.39, 0.29) is 17.7 Å². The molecule has 1 amide bonds. The third-order valence-corrected chi connectivity index (χ3v) is 4.06. The molecule has 2 aromatic carbocycles. The summed E-state index contributed by atoms with van der Waals surface area (Å²) in [6.07, 6.45) is 1.87. The van der Waals surface area contributed by atoms with Crippen LogP contribution in [-0.4, -0.2) is 28.5 Å². The van der Waals surface area contributed by atoms with Gasteiger partial charge in [-0.1, -0.05) is 42.5 Å². The predicted molar refractivity (Wildman–Crippen MR) is 86.6 cm³/mol. The molecule has 0 saturated carbocycles. The zero-order chi connectivity index (χ0) is 15.4. The molecule has 0 aliphatic carbocycles. The van der Waals surface area contributed by atoms with Gasteiger partial charge < -0.3 is 10.4 Å². The minimum absolute atomic E-state index is 0.0464. The SMILES string of the molecule is O=C(Nc1ccccc1O)[C@@H]1CCCN1Cc1ccccc1. The molecule has 114 valence electrons. The van der Waals surface area contributed by atoms with Gasteiger partial charge in [0, 0.05) is 6.54 Å². The van der Waals surface area contributed by atoms with E-state index in [1.54, 1.807) is 24.3 Å². The van der Waals surface area contributed by atoms with Crippen molar-refractivity contribution in [1.82, 2.24) is 4.90 Å². The lowest BCUT2D eigenvalue weighted by molar-refractivity contribution is -0.120. The number of nitrogens with one attached hydrogen (secondary N) is 1. The number of aromatic hydroxyl groups is 1. The number of benzene rings is 2. The normalized spacial score (nSPS) is 18.3. The van der Waals surface area contributed by atoms with E-state index in [4.69, 9.17) is 0 Å². The van der Waals surface area contributed by atoms with E-state index in [1.165, 1.54) is 5.56 Å². The van der Waals surface area contributed by atoms with Crippen molar-refractivity contribution in [2.24, 2.45) is 0 Å². The summed E-state index contributed by atoms with van der Waals surface area (Å²) in [6, 6.07) is 16.9. The van der Waals surface area contributed by atoms with E-state index < -0.39 is 0 Å². The summed E-state index contributed by atoms with van der Waals surface area (Å²) in [4.78, 5) is 14.7. The predicted octanol–water partition coefficient (Wildman–Crippen LogP) is 3.00. The Morgan fingerprint density at radius 2 is 1.86 bits per heavy atom. The number of likely N-dealkylation sites (tertiary alicyclic amines) is 1. The van der Waals surface area contributed by atoms with Crippen LogP contribution in [0.5, 0.6) is 5.75 Å². The van der Waals surface area contributed by atoms with Crippen molar-refractivity contribution < 1.29 is 9.90 Å². The van der Waals surface area contributed by atoms with Gasteiger partial charge in [-0.25, -0.2) is 0 Å². The van der Waals surface area contributed by atoms with E-state index in [0.717, 1.165) is 25.9 Å². The lowest BCUT2D eigenvalue weighted by atomic mass is 10.1. The van der Waals surface area contributed by atoms with Gasteiger partial charge in [0.1, 0.15) is 5.75 Å². The highest BCUT2D eigenvalue weighted by molar-refractivity contribution is 5.96. The van der Waals surface area contributed by atoms with Gasteiger partial charge in [-0.3, -0.25) is 9.69 Å². The zero-order valence-electron chi connectivity index (χ0n) is 12.4. The van der Waals surface area contributed by atoms with Crippen LogP contribution in [0.15, 0.2) is 54.6 Å². The van der Waals surface area contributed by atoms with Crippen molar-refractivity contribution in [3.05, 3.63) is 60.2 Å². The summed E-state index contributed by atoms with van der Waals surface area (Å²) in [5, 5.41) is 12.6. The number of nitrogens with zero attached hydrogens (tertiary/aromatic N) is 1. The highest BCUT2D eigenvalue weighted by atomic mass is 16.3. The van der Waals surface area contributed by atoms with E-state index in [9.17, 15) is 9.90 Å². The Morgan fingerprint density at radius 3 is 2.64 bits per heavy atom. The molecule has 22 heavy (non-hydrogen) atoms. The Bertz CT molecular complexity index is 643. The van der Waals surface area contributed by atoms with Crippen molar-refractivity contribution in [3.63, 3.8) is 0 Å². The van der Waals surface area contributed by atoms with E-state index in [1.807, 2.05) is 18.2 Å². The second-order valence-corrected chi connectivity index (χ2v) is 5.62. The lowest BCUT2D eigenvalue weighted by Crippen LogP contribution is -2.39.